The lowest BCUT2D eigenvalue weighted by Crippen LogP contribution is -2.44. The number of nitrogens with zero attached hydrogens (tertiary/aromatic N) is 4. The summed E-state index contributed by atoms with van der Waals surface area (Å²) >= 11 is 0. The summed E-state index contributed by atoms with van der Waals surface area (Å²) in [6.45, 7) is 7.71. The average molecular weight is 355 g/mol. The summed E-state index contributed by atoms with van der Waals surface area (Å²) in [6.07, 6.45) is 1.48. The van der Waals surface area contributed by atoms with Gasteiger partial charge < -0.3 is 19.9 Å². The number of benzene rings is 1. The molecule has 0 aliphatic carbocycles. The number of carbonyl (C=O) groups excluding carboxylic acids is 1. The molecule has 0 saturated carbocycles. The molecule has 1 aromatic heterocycles. The van der Waals surface area contributed by atoms with Crippen LogP contribution in [0, 0.1) is 13.8 Å². The maximum atomic E-state index is 12.2. The first-order valence-corrected chi connectivity index (χ1v) is 8.77. The summed E-state index contributed by atoms with van der Waals surface area (Å²) in [5, 5.41) is 2.78. The third-order valence-electron chi connectivity index (χ3n) is 4.45. The van der Waals surface area contributed by atoms with Crippen molar-refractivity contribution in [2.24, 2.45) is 0 Å². The molecule has 1 N–H and O–H groups in total. The molecule has 0 atom stereocenters. The number of nitrogens with one attached hydrogen (secondary N) is 1. The highest BCUT2D eigenvalue weighted by Crippen LogP contribution is 2.19. The zero-order chi connectivity index (χ0) is 18.5. The van der Waals surface area contributed by atoms with E-state index in [1.807, 2.05) is 32.0 Å². The summed E-state index contributed by atoms with van der Waals surface area (Å²) in [6, 6.07) is 7.73. The molecule has 2 heterocycles. The van der Waals surface area contributed by atoms with Crippen LogP contribution in [0.2, 0.25) is 0 Å². The smallest absolute Gasteiger partial charge is 0.263 e. The first-order valence-electron chi connectivity index (χ1n) is 8.77. The average Bonchev–Trinajstić information content (AvgIpc) is 2.63. The quantitative estimate of drug-likeness (QED) is 0.883. The van der Waals surface area contributed by atoms with Crippen molar-refractivity contribution in [1.82, 2.24) is 14.9 Å². The molecule has 1 amide bonds. The number of anilines is 2. The molecule has 3 rings (SSSR count). The first kappa shape index (κ1) is 18.1. The number of rotatable bonds is 5. The molecule has 1 aliphatic rings. The Morgan fingerprint density at radius 1 is 1.15 bits per heavy atom. The van der Waals surface area contributed by atoms with Gasteiger partial charge in [-0.15, -0.1) is 0 Å². The van der Waals surface area contributed by atoms with Gasteiger partial charge in [0.25, 0.3) is 5.91 Å². The van der Waals surface area contributed by atoms with Crippen molar-refractivity contribution in [3.63, 3.8) is 0 Å². The van der Waals surface area contributed by atoms with Gasteiger partial charge in [0, 0.05) is 32.2 Å². The van der Waals surface area contributed by atoms with Gasteiger partial charge in [-0.1, -0.05) is 12.1 Å². The lowest BCUT2D eigenvalue weighted by Gasteiger charge is -2.33. The summed E-state index contributed by atoms with van der Waals surface area (Å²) in [5.74, 6) is 1.80. The Kier molecular flexibility index (Phi) is 5.68. The normalized spacial score (nSPS) is 15.0. The summed E-state index contributed by atoms with van der Waals surface area (Å²) in [5.41, 5.74) is 2.10. The van der Waals surface area contributed by atoms with E-state index in [0.29, 0.717) is 5.82 Å². The van der Waals surface area contributed by atoms with Crippen molar-refractivity contribution in [3.8, 4) is 5.75 Å². The van der Waals surface area contributed by atoms with E-state index in [0.717, 1.165) is 48.9 Å². The van der Waals surface area contributed by atoms with Crippen LogP contribution in [-0.2, 0) is 4.79 Å². The van der Waals surface area contributed by atoms with Gasteiger partial charge in [-0.25, -0.2) is 9.97 Å². The number of likely N-dealkylation sites (N-methyl/N-ethyl adjacent to an activating group) is 1. The van der Waals surface area contributed by atoms with Gasteiger partial charge in [0.15, 0.2) is 6.61 Å². The van der Waals surface area contributed by atoms with Crippen LogP contribution < -0.4 is 15.0 Å². The lowest BCUT2D eigenvalue weighted by molar-refractivity contribution is -0.118. The number of amides is 1. The molecule has 0 unspecified atom stereocenters. The van der Waals surface area contributed by atoms with Gasteiger partial charge >= 0.3 is 0 Å². The molecular formula is C19H25N5O2. The minimum Gasteiger partial charge on any atom is -0.483 e. The maximum Gasteiger partial charge on any atom is 0.263 e. The molecule has 2 aromatic rings. The second-order valence-corrected chi connectivity index (χ2v) is 6.66. The molecule has 0 spiro atoms. The van der Waals surface area contributed by atoms with Crippen LogP contribution in [0.15, 0.2) is 30.6 Å². The number of hydrogen-bond acceptors (Lipinski definition) is 6. The molecule has 138 valence electrons. The highest BCUT2D eigenvalue weighted by Gasteiger charge is 2.16. The van der Waals surface area contributed by atoms with Gasteiger partial charge in [-0.3, -0.25) is 4.79 Å². The number of aryl methyl sites for hydroxylation is 2. The van der Waals surface area contributed by atoms with Crippen LogP contribution in [-0.4, -0.2) is 60.6 Å². The van der Waals surface area contributed by atoms with Crippen LogP contribution in [0.4, 0.5) is 11.6 Å². The summed E-state index contributed by atoms with van der Waals surface area (Å²) in [4.78, 5) is 25.1. The van der Waals surface area contributed by atoms with Gasteiger partial charge in [0.05, 0.1) is 0 Å². The molecule has 0 radical (unpaired) electrons. The minimum atomic E-state index is -0.242. The zero-order valence-electron chi connectivity index (χ0n) is 15.5. The van der Waals surface area contributed by atoms with Crippen LogP contribution in [0.1, 0.15) is 11.1 Å². The van der Waals surface area contributed by atoms with Crippen molar-refractivity contribution in [2.75, 3.05) is 50.1 Å². The lowest BCUT2D eigenvalue weighted by atomic mass is 10.1. The number of carbonyl (C=O) groups is 1. The predicted molar refractivity (Wildman–Crippen MR) is 102 cm³/mol. The molecule has 1 fully saturated rings. The van der Waals surface area contributed by atoms with Crippen LogP contribution in [0.5, 0.6) is 5.75 Å². The highest BCUT2D eigenvalue weighted by molar-refractivity contribution is 5.91. The minimum absolute atomic E-state index is 0.0574. The Morgan fingerprint density at radius 3 is 2.69 bits per heavy atom. The molecule has 26 heavy (non-hydrogen) atoms. The second-order valence-electron chi connectivity index (χ2n) is 6.66. The standard InChI is InChI=1S/C19H25N5O2/c1-14-4-5-15(2)16(10-14)26-12-19(25)22-17-11-18(21-13-20-17)24-8-6-23(3)7-9-24/h4-5,10-11,13H,6-9,12H2,1-3H3,(H,20,21,22,25). The van der Waals surface area contributed by atoms with E-state index in [4.69, 9.17) is 4.74 Å². The number of ether oxygens (including phenoxy) is 1. The fourth-order valence-corrected chi connectivity index (χ4v) is 2.81. The first-order chi connectivity index (χ1) is 12.5. The van der Waals surface area contributed by atoms with Crippen LogP contribution >= 0.6 is 0 Å². The van der Waals surface area contributed by atoms with E-state index in [-0.39, 0.29) is 12.5 Å². The second kappa shape index (κ2) is 8.14. The molecule has 7 heteroatoms. The van der Waals surface area contributed by atoms with E-state index in [1.165, 1.54) is 6.33 Å². The van der Waals surface area contributed by atoms with Crippen LogP contribution in [0.25, 0.3) is 0 Å². The van der Waals surface area contributed by atoms with Crippen molar-refractivity contribution in [1.29, 1.82) is 0 Å². The zero-order valence-corrected chi connectivity index (χ0v) is 15.5. The Bertz CT molecular complexity index is 772. The van der Waals surface area contributed by atoms with Crippen molar-refractivity contribution >= 4 is 17.5 Å². The van der Waals surface area contributed by atoms with E-state index in [2.05, 4.69) is 32.1 Å². The Balaban J connectivity index is 1.57. The molecule has 1 aromatic carbocycles. The van der Waals surface area contributed by atoms with E-state index in [9.17, 15) is 4.79 Å². The van der Waals surface area contributed by atoms with Gasteiger partial charge in [-0.05, 0) is 38.1 Å². The summed E-state index contributed by atoms with van der Waals surface area (Å²) in [7, 11) is 2.11. The highest BCUT2D eigenvalue weighted by atomic mass is 16.5. The number of aromatic nitrogens is 2. The largest absolute Gasteiger partial charge is 0.483 e. The molecule has 7 nitrogen and oxygen atoms in total. The predicted octanol–water partition coefficient (Wildman–Crippen LogP) is 1.86. The van der Waals surface area contributed by atoms with E-state index in [1.54, 1.807) is 6.07 Å². The fraction of sp³-hybridized carbons (Fsp3) is 0.421. The van der Waals surface area contributed by atoms with Crippen molar-refractivity contribution in [3.05, 3.63) is 41.7 Å². The topological polar surface area (TPSA) is 70.6 Å². The van der Waals surface area contributed by atoms with Crippen LogP contribution in [0.3, 0.4) is 0 Å². The van der Waals surface area contributed by atoms with Crippen molar-refractivity contribution in [2.45, 2.75) is 13.8 Å². The third-order valence-corrected chi connectivity index (χ3v) is 4.45. The SMILES string of the molecule is Cc1ccc(C)c(OCC(=O)Nc2cc(N3CCN(C)CC3)ncn2)c1. The fourth-order valence-electron chi connectivity index (χ4n) is 2.81. The van der Waals surface area contributed by atoms with Crippen molar-refractivity contribution < 1.29 is 9.53 Å². The van der Waals surface area contributed by atoms with E-state index < -0.39 is 0 Å². The Hall–Kier alpha value is -2.67. The number of hydrogen-bond donors (Lipinski definition) is 1. The molecule has 1 aliphatic heterocycles. The number of piperazine rings is 1. The van der Waals surface area contributed by atoms with Gasteiger partial charge in [-0.2, -0.15) is 0 Å². The Labute approximate surface area is 154 Å². The monoisotopic (exact) mass is 355 g/mol. The Morgan fingerprint density at radius 2 is 1.92 bits per heavy atom. The maximum absolute atomic E-state index is 12.2. The molecule has 0 bridgehead atoms. The third kappa shape index (κ3) is 4.70. The molecular weight excluding hydrogens is 330 g/mol. The molecule has 1 saturated heterocycles. The van der Waals surface area contributed by atoms with Gasteiger partial charge in [0.1, 0.15) is 23.7 Å². The van der Waals surface area contributed by atoms with Gasteiger partial charge in [0.2, 0.25) is 0 Å². The summed E-state index contributed by atoms with van der Waals surface area (Å²) < 4.78 is 5.64. The van der Waals surface area contributed by atoms with E-state index >= 15 is 0 Å².